The Kier molecular flexibility index (Phi) is 5.68. The summed E-state index contributed by atoms with van der Waals surface area (Å²) >= 11 is 11.6. The normalized spacial score (nSPS) is 10.4. The maximum atomic E-state index is 11.7. The second-order valence-corrected chi connectivity index (χ2v) is 4.12. The van der Waals surface area contributed by atoms with Gasteiger partial charge in [-0.15, -0.1) is 0 Å². The van der Waals surface area contributed by atoms with Gasteiger partial charge in [-0.05, 0) is 18.2 Å². The molecular weight excluding hydrogens is 277 g/mol. The number of ether oxygens (including phenoxy) is 1. The monoisotopic (exact) mass is 287 g/mol. The molecule has 0 atom stereocenters. The summed E-state index contributed by atoms with van der Waals surface area (Å²) in [5.41, 5.74) is 0.345. The molecule has 1 aromatic rings. The van der Waals surface area contributed by atoms with Gasteiger partial charge in [0.15, 0.2) is 5.78 Å². The van der Waals surface area contributed by atoms with Crippen molar-refractivity contribution in [1.82, 2.24) is 5.32 Å². The van der Waals surface area contributed by atoms with Crippen LogP contribution in [0.25, 0.3) is 0 Å². The molecule has 0 heterocycles. The number of ketones is 1. The molecule has 0 unspecified atom stereocenters. The van der Waals surface area contributed by atoms with Gasteiger partial charge in [-0.1, -0.05) is 23.2 Å². The van der Waals surface area contributed by atoms with Gasteiger partial charge in [-0.25, -0.2) is 0 Å². The molecule has 0 saturated heterocycles. The average Bonchev–Trinajstić information content (AvgIpc) is 2.34. The highest BCUT2D eigenvalue weighted by molar-refractivity contribution is 6.37. The fraction of sp³-hybridized carbons (Fsp3) is 0.167. The van der Waals surface area contributed by atoms with Crippen molar-refractivity contribution < 1.29 is 14.3 Å². The van der Waals surface area contributed by atoms with Crippen molar-refractivity contribution in [3.63, 3.8) is 0 Å². The zero-order valence-electron chi connectivity index (χ0n) is 9.57. The van der Waals surface area contributed by atoms with Crippen LogP contribution in [0.1, 0.15) is 10.4 Å². The molecule has 96 valence electrons. The van der Waals surface area contributed by atoms with Crippen LogP contribution < -0.4 is 5.32 Å². The number of nitrogens with one attached hydrogen (secondary N) is 1. The number of halogens is 2. The Labute approximate surface area is 115 Å². The average molecular weight is 288 g/mol. The lowest BCUT2D eigenvalue weighted by molar-refractivity contribution is -0.139. The van der Waals surface area contributed by atoms with E-state index in [2.05, 4.69) is 10.1 Å². The number of carbonyl (C=O) groups is 2. The quantitative estimate of drug-likeness (QED) is 0.513. The molecule has 1 rings (SSSR count). The van der Waals surface area contributed by atoms with E-state index in [0.29, 0.717) is 10.6 Å². The molecule has 0 bridgehead atoms. The molecular formula is C12H11Cl2NO3. The van der Waals surface area contributed by atoms with Gasteiger partial charge in [-0.3, -0.25) is 9.59 Å². The molecule has 0 aliphatic heterocycles. The van der Waals surface area contributed by atoms with E-state index in [9.17, 15) is 9.59 Å². The summed E-state index contributed by atoms with van der Waals surface area (Å²) in [5.74, 6) is -0.703. The lowest BCUT2D eigenvalue weighted by atomic mass is 10.1. The van der Waals surface area contributed by atoms with Crippen LogP contribution in [0.15, 0.2) is 30.5 Å². The summed E-state index contributed by atoms with van der Waals surface area (Å²) in [6, 6.07) is 4.61. The Morgan fingerprint density at radius 2 is 2.11 bits per heavy atom. The van der Waals surface area contributed by atoms with Crippen LogP contribution in [-0.4, -0.2) is 25.4 Å². The SMILES string of the molecule is COC(=O)CNC=CC(=O)c1ccc(Cl)cc1Cl. The topological polar surface area (TPSA) is 55.4 Å². The molecule has 0 aliphatic rings. The van der Waals surface area contributed by atoms with Crippen molar-refractivity contribution in [2.24, 2.45) is 0 Å². The third kappa shape index (κ3) is 4.39. The number of allylic oxidation sites excluding steroid dienone is 1. The van der Waals surface area contributed by atoms with Crippen molar-refractivity contribution in [3.8, 4) is 0 Å². The molecule has 1 N–H and O–H groups in total. The Balaban J connectivity index is 2.60. The third-order valence-electron chi connectivity index (χ3n) is 2.02. The fourth-order valence-electron chi connectivity index (χ4n) is 1.13. The minimum Gasteiger partial charge on any atom is -0.468 e. The Morgan fingerprint density at radius 1 is 1.39 bits per heavy atom. The lowest BCUT2D eigenvalue weighted by Gasteiger charge is -2.01. The summed E-state index contributed by atoms with van der Waals surface area (Å²) in [4.78, 5) is 22.5. The van der Waals surface area contributed by atoms with Gasteiger partial charge in [0.2, 0.25) is 0 Å². The summed E-state index contributed by atoms with van der Waals surface area (Å²) in [7, 11) is 1.28. The van der Waals surface area contributed by atoms with Gasteiger partial charge >= 0.3 is 5.97 Å². The van der Waals surface area contributed by atoms with Gasteiger partial charge in [0, 0.05) is 22.9 Å². The molecule has 6 heteroatoms. The molecule has 0 fully saturated rings. The maximum absolute atomic E-state index is 11.7. The molecule has 0 aromatic heterocycles. The van der Waals surface area contributed by atoms with Crippen molar-refractivity contribution in [1.29, 1.82) is 0 Å². The number of hydrogen-bond donors (Lipinski definition) is 1. The third-order valence-corrected chi connectivity index (χ3v) is 2.57. The minimum atomic E-state index is -0.420. The Morgan fingerprint density at radius 3 is 2.72 bits per heavy atom. The zero-order chi connectivity index (χ0) is 13.5. The number of hydrogen-bond acceptors (Lipinski definition) is 4. The van der Waals surface area contributed by atoms with Crippen molar-refractivity contribution in [3.05, 3.63) is 46.1 Å². The van der Waals surface area contributed by atoms with Crippen LogP contribution in [0.2, 0.25) is 10.0 Å². The number of carbonyl (C=O) groups excluding carboxylic acids is 2. The minimum absolute atomic E-state index is 0.00533. The molecule has 0 saturated carbocycles. The van der Waals surface area contributed by atoms with Crippen LogP contribution >= 0.6 is 23.2 Å². The number of esters is 1. The van der Waals surface area contributed by atoms with Crippen LogP contribution in [-0.2, 0) is 9.53 Å². The molecule has 0 radical (unpaired) electrons. The molecule has 1 aromatic carbocycles. The van der Waals surface area contributed by atoms with Gasteiger partial charge < -0.3 is 10.1 Å². The highest BCUT2D eigenvalue weighted by atomic mass is 35.5. The van der Waals surface area contributed by atoms with E-state index in [1.54, 1.807) is 6.07 Å². The van der Waals surface area contributed by atoms with E-state index in [-0.39, 0.29) is 17.4 Å². The van der Waals surface area contributed by atoms with Crippen LogP contribution in [0.5, 0.6) is 0 Å². The van der Waals surface area contributed by atoms with Crippen LogP contribution in [0.3, 0.4) is 0 Å². The largest absolute Gasteiger partial charge is 0.468 e. The maximum Gasteiger partial charge on any atom is 0.325 e. The lowest BCUT2D eigenvalue weighted by Crippen LogP contribution is -2.19. The van der Waals surface area contributed by atoms with Gasteiger partial charge in [0.25, 0.3) is 0 Å². The van der Waals surface area contributed by atoms with Crippen molar-refractivity contribution in [2.75, 3.05) is 13.7 Å². The molecule has 0 amide bonds. The van der Waals surface area contributed by atoms with Crippen molar-refractivity contribution >= 4 is 35.0 Å². The first-order chi connectivity index (χ1) is 8.54. The summed E-state index contributed by atoms with van der Waals surface area (Å²) in [5, 5.41) is 3.37. The second kappa shape index (κ2) is 7.03. The summed E-state index contributed by atoms with van der Waals surface area (Å²) in [6.07, 6.45) is 2.64. The predicted molar refractivity (Wildman–Crippen MR) is 70.0 cm³/mol. The second-order valence-electron chi connectivity index (χ2n) is 3.28. The van der Waals surface area contributed by atoms with E-state index in [1.807, 2.05) is 0 Å². The molecule has 18 heavy (non-hydrogen) atoms. The van der Waals surface area contributed by atoms with Crippen LogP contribution in [0, 0.1) is 0 Å². The van der Waals surface area contributed by atoms with E-state index in [0.717, 1.165) is 0 Å². The van der Waals surface area contributed by atoms with E-state index in [1.165, 1.54) is 31.5 Å². The van der Waals surface area contributed by atoms with Gasteiger partial charge in [-0.2, -0.15) is 0 Å². The predicted octanol–water partition coefficient (Wildman–Crippen LogP) is 2.45. The zero-order valence-corrected chi connectivity index (χ0v) is 11.1. The van der Waals surface area contributed by atoms with E-state index >= 15 is 0 Å². The number of methoxy groups -OCH3 is 1. The van der Waals surface area contributed by atoms with Gasteiger partial charge in [0.1, 0.15) is 6.54 Å². The highest BCUT2D eigenvalue weighted by Crippen LogP contribution is 2.21. The molecule has 0 spiro atoms. The van der Waals surface area contributed by atoms with E-state index < -0.39 is 5.97 Å². The first-order valence-electron chi connectivity index (χ1n) is 5.00. The smallest absolute Gasteiger partial charge is 0.325 e. The summed E-state index contributed by atoms with van der Waals surface area (Å²) in [6.45, 7) is -0.00533. The van der Waals surface area contributed by atoms with Crippen molar-refractivity contribution in [2.45, 2.75) is 0 Å². The fourth-order valence-corrected chi connectivity index (χ4v) is 1.63. The highest BCUT2D eigenvalue weighted by Gasteiger charge is 2.07. The first-order valence-corrected chi connectivity index (χ1v) is 5.76. The molecule has 4 nitrogen and oxygen atoms in total. The number of rotatable bonds is 5. The van der Waals surface area contributed by atoms with Gasteiger partial charge in [0.05, 0.1) is 12.1 Å². The first kappa shape index (κ1) is 14.5. The summed E-state index contributed by atoms with van der Waals surface area (Å²) < 4.78 is 4.42. The standard InChI is InChI=1S/C12H11Cl2NO3/c1-18-12(17)7-15-5-4-11(16)9-3-2-8(13)6-10(9)14/h2-6,15H,7H2,1H3. The Bertz CT molecular complexity index is 486. The number of benzene rings is 1. The van der Waals surface area contributed by atoms with E-state index in [4.69, 9.17) is 23.2 Å². The van der Waals surface area contributed by atoms with Crippen LogP contribution in [0.4, 0.5) is 0 Å². The molecule has 0 aliphatic carbocycles. The Hall–Kier alpha value is -1.52.